The van der Waals surface area contributed by atoms with E-state index in [1.165, 1.54) is 5.59 Å². The summed E-state index contributed by atoms with van der Waals surface area (Å²) in [6.07, 6.45) is 0. The third-order valence-corrected chi connectivity index (χ3v) is 0.830. The lowest BCUT2D eigenvalue weighted by molar-refractivity contribution is -0.202. The van der Waals surface area contributed by atoms with E-state index >= 15 is 0 Å². The second-order valence-electron chi connectivity index (χ2n) is 1.62. The fourth-order valence-corrected chi connectivity index (χ4v) is 0.303. The Hall–Kier alpha value is -1.22. The molecule has 0 aliphatic carbocycles. The Labute approximate surface area is 68.2 Å². The number of nitrogens with zero attached hydrogens (tertiary/aromatic N) is 1. The first-order chi connectivity index (χ1) is 5.61. The second kappa shape index (κ2) is 5.43. The third-order valence-electron chi connectivity index (χ3n) is 0.830. The van der Waals surface area contributed by atoms with Crippen molar-refractivity contribution in [1.82, 2.24) is 10.8 Å². The Kier molecular flexibility index (Phi) is 4.88. The van der Waals surface area contributed by atoms with Gasteiger partial charge in [-0.05, 0) is 6.92 Å². The molecule has 0 unspecified atom stereocenters. The fraction of sp³-hybridized carbons (Fsp3) is 0.500. The molecule has 0 radical (unpaired) electrons. The van der Waals surface area contributed by atoms with Crippen molar-refractivity contribution < 1.29 is 19.3 Å². The number of carbonyl (C=O) groups excluding carboxylic acids is 2. The SMILES string of the molecule is CCN(N)OC(=O)C(=O)ONN. The zero-order valence-electron chi connectivity index (χ0n) is 6.44. The summed E-state index contributed by atoms with van der Waals surface area (Å²) in [5.41, 5.74) is 1.53. The van der Waals surface area contributed by atoms with Gasteiger partial charge in [-0.3, -0.25) is 0 Å². The average Bonchev–Trinajstić information content (AvgIpc) is 2.04. The molecule has 0 heterocycles. The normalized spacial score (nSPS) is 9.67. The van der Waals surface area contributed by atoms with Crippen LogP contribution < -0.4 is 17.3 Å². The minimum absolute atomic E-state index is 0.245. The van der Waals surface area contributed by atoms with Gasteiger partial charge in [0.25, 0.3) is 0 Å². The molecule has 12 heavy (non-hydrogen) atoms. The molecule has 0 bridgehead atoms. The Bertz CT molecular complexity index is 172. The lowest BCUT2D eigenvalue weighted by Gasteiger charge is -2.11. The topological polar surface area (TPSA) is 120 Å². The van der Waals surface area contributed by atoms with Gasteiger partial charge in [0.05, 0.1) is 0 Å². The van der Waals surface area contributed by atoms with E-state index in [1.54, 1.807) is 6.92 Å². The molecule has 0 aromatic rings. The van der Waals surface area contributed by atoms with Crippen molar-refractivity contribution in [3.8, 4) is 0 Å². The molecule has 0 saturated heterocycles. The highest BCUT2D eigenvalue weighted by molar-refractivity contribution is 6.29. The van der Waals surface area contributed by atoms with E-state index in [1.807, 2.05) is 0 Å². The van der Waals surface area contributed by atoms with Crippen LogP contribution in [0.3, 0.4) is 0 Å². The van der Waals surface area contributed by atoms with E-state index in [4.69, 9.17) is 5.84 Å². The summed E-state index contributed by atoms with van der Waals surface area (Å²) in [5, 5.41) is 0.681. The van der Waals surface area contributed by atoms with Crippen LogP contribution in [0, 0.1) is 0 Å². The molecule has 0 aromatic carbocycles. The van der Waals surface area contributed by atoms with Gasteiger partial charge in [0.2, 0.25) is 0 Å². The van der Waals surface area contributed by atoms with Crippen molar-refractivity contribution in [2.24, 2.45) is 11.7 Å². The minimum atomic E-state index is -1.28. The summed E-state index contributed by atoms with van der Waals surface area (Å²) in [6.45, 7) is 1.87. The van der Waals surface area contributed by atoms with Gasteiger partial charge in [0.15, 0.2) is 0 Å². The molecule has 8 nitrogen and oxygen atoms in total. The first-order valence-electron chi connectivity index (χ1n) is 3.02. The Morgan fingerprint density at radius 2 is 2.08 bits per heavy atom. The number of carbonyl (C=O) groups is 2. The molecule has 0 saturated carbocycles. The Balaban J connectivity index is 3.79. The van der Waals surface area contributed by atoms with Crippen LogP contribution in [0.15, 0.2) is 0 Å². The molecule has 0 aliphatic rings. The number of hydrogen-bond acceptors (Lipinski definition) is 8. The van der Waals surface area contributed by atoms with Gasteiger partial charge in [-0.1, -0.05) is 10.8 Å². The van der Waals surface area contributed by atoms with Crippen molar-refractivity contribution in [3.63, 3.8) is 0 Å². The maximum absolute atomic E-state index is 10.6. The molecule has 70 valence electrons. The monoisotopic (exact) mass is 178 g/mol. The lowest BCUT2D eigenvalue weighted by Crippen LogP contribution is -2.39. The van der Waals surface area contributed by atoms with Crippen LogP contribution in [0.1, 0.15) is 6.92 Å². The summed E-state index contributed by atoms with van der Waals surface area (Å²) < 4.78 is 0. The smallest absolute Gasteiger partial charge is 0.346 e. The van der Waals surface area contributed by atoms with Gasteiger partial charge in [-0.2, -0.15) is 0 Å². The van der Waals surface area contributed by atoms with Crippen LogP contribution in [0.25, 0.3) is 0 Å². The van der Waals surface area contributed by atoms with E-state index in [0.717, 1.165) is 0 Å². The van der Waals surface area contributed by atoms with Gasteiger partial charge in [-0.15, -0.1) is 0 Å². The number of rotatable bonds is 3. The standard InChI is InChI=1S/C4H10N4O4/c1-2-8(6)12-4(10)3(9)11-7-5/h7H,2,5-6H2,1H3. The van der Waals surface area contributed by atoms with Crippen molar-refractivity contribution in [2.45, 2.75) is 6.92 Å². The Morgan fingerprint density at radius 1 is 1.50 bits per heavy atom. The molecule has 0 fully saturated rings. The van der Waals surface area contributed by atoms with Crippen LogP contribution in [0.2, 0.25) is 0 Å². The quantitative estimate of drug-likeness (QED) is 0.248. The number of hydrogen-bond donors (Lipinski definition) is 3. The average molecular weight is 178 g/mol. The first-order valence-corrected chi connectivity index (χ1v) is 3.02. The van der Waals surface area contributed by atoms with Crippen LogP contribution in [-0.4, -0.2) is 23.7 Å². The van der Waals surface area contributed by atoms with Crippen LogP contribution in [0.5, 0.6) is 0 Å². The number of hydroxylamine groups is 1. The summed E-state index contributed by atoms with van der Waals surface area (Å²) in [6, 6.07) is 0. The summed E-state index contributed by atoms with van der Waals surface area (Å²) >= 11 is 0. The fourth-order valence-electron chi connectivity index (χ4n) is 0.303. The summed E-state index contributed by atoms with van der Waals surface area (Å²) in [5.74, 6) is 7.09. The first kappa shape index (κ1) is 10.8. The maximum Gasteiger partial charge on any atom is 0.439 e. The third kappa shape index (κ3) is 3.83. The molecular weight excluding hydrogens is 168 g/mol. The minimum Gasteiger partial charge on any atom is -0.346 e. The number of nitrogens with one attached hydrogen (secondary N) is 1. The predicted octanol–water partition coefficient (Wildman–Crippen LogP) is -2.44. The van der Waals surface area contributed by atoms with E-state index in [0.29, 0.717) is 5.17 Å². The number of hydrazine groups is 2. The highest BCUT2D eigenvalue weighted by atomic mass is 16.8. The van der Waals surface area contributed by atoms with Gasteiger partial charge >= 0.3 is 11.9 Å². The summed E-state index contributed by atoms with van der Waals surface area (Å²) in [4.78, 5) is 29.2. The second-order valence-corrected chi connectivity index (χ2v) is 1.62. The zero-order chi connectivity index (χ0) is 9.56. The Morgan fingerprint density at radius 3 is 2.50 bits per heavy atom. The van der Waals surface area contributed by atoms with Gasteiger partial charge < -0.3 is 9.68 Å². The van der Waals surface area contributed by atoms with Gasteiger partial charge in [0.1, 0.15) is 0 Å². The maximum atomic E-state index is 10.6. The lowest BCUT2D eigenvalue weighted by atomic mass is 10.7. The van der Waals surface area contributed by atoms with E-state index < -0.39 is 11.9 Å². The highest BCUT2D eigenvalue weighted by Crippen LogP contribution is 1.84. The van der Waals surface area contributed by atoms with Crippen molar-refractivity contribution in [2.75, 3.05) is 6.54 Å². The van der Waals surface area contributed by atoms with Crippen LogP contribution in [-0.2, 0) is 19.3 Å². The van der Waals surface area contributed by atoms with Crippen molar-refractivity contribution >= 4 is 11.9 Å². The largest absolute Gasteiger partial charge is 0.439 e. The van der Waals surface area contributed by atoms with Crippen molar-refractivity contribution in [3.05, 3.63) is 0 Å². The molecule has 0 amide bonds. The van der Waals surface area contributed by atoms with E-state index in [2.05, 4.69) is 15.5 Å². The summed E-state index contributed by atoms with van der Waals surface area (Å²) in [7, 11) is 0. The molecule has 0 aliphatic heterocycles. The highest BCUT2D eigenvalue weighted by Gasteiger charge is 2.19. The zero-order valence-corrected chi connectivity index (χ0v) is 6.44. The van der Waals surface area contributed by atoms with Crippen molar-refractivity contribution in [1.29, 1.82) is 0 Å². The molecule has 5 N–H and O–H groups in total. The molecule has 0 rings (SSSR count). The van der Waals surface area contributed by atoms with Crippen LogP contribution >= 0.6 is 0 Å². The number of nitrogens with two attached hydrogens (primary N) is 2. The molecular formula is C4H10N4O4. The van der Waals surface area contributed by atoms with E-state index in [-0.39, 0.29) is 6.54 Å². The molecule has 0 aromatic heterocycles. The van der Waals surface area contributed by atoms with Gasteiger partial charge in [0, 0.05) is 6.54 Å². The van der Waals surface area contributed by atoms with Gasteiger partial charge in [-0.25, -0.2) is 21.3 Å². The molecule has 0 spiro atoms. The molecule has 0 atom stereocenters. The molecule has 8 heteroatoms. The van der Waals surface area contributed by atoms with E-state index in [9.17, 15) is 9.59 Å². The van der Waals surface area contributed by atoms with Crippen LogP contribution in [0.4, 0.5) is 0 Å². The predicted molar refractivity (Wildman–Crippen MR) is 36.1 cm³/mol.